The SMILES string of the molecule is COc1cccc(CCNC(=O)c2ccc(N3CCC(C)CC3)cn2)c1. The Hall–Kier alpha value is -2.56. The van der Waals surface area contributed by atoms with Crippen molar-refractivity contribution >= 4 is 11.6 Å². The van der Waals surface area contributed by atoms with E-state index in [0.717, 1.165) is 42.4 Å². The lowest BCUT2D eigenvalue weighted by molar-refractivity contribution is 0.0949. The number of pyridine rings is 1. The maximum Gasteiger partial charge on any atom is 0.269 e. The molecular formula is C21H27N3O2. The lowest BCUT2D eigenvalue weighted by atomic mass is 9.99. The number of anilines is 1. The summed E-state index contributed by atoms with van der Waals surface area (Å²) in [6.45, 7) is 5.00. The van der Waals surface area contributed by atoms with Crippen LogP contribution in [0.15, 0.2) is 42.6 Å². The number of nitrogens with zero attached hydrogens (tertiary/aromatic N) is 2. The van der Waals surface area contributed by atoms with Crippen molar-refractivity contribution in [2.45, 2.75) is 26.2 Å². The molecule has 0 aliphatic carbocycles. The van der Waals surface area contributed by atoms with Crippen LogP contribution in [0.25, 0.3) is 0 Å². The molecule has 1 aromatic carbocycles. The average molecular weight is 353 g/mol. The molecule has 0 saturated carbocycles. The Kier molecular flexibility index (Phi) is 6.10. The van der Waals surface area contributed by atoms with Crippen molar-refractivity contribution in [2.75, 3.05) is 31.6 Å². The Morgan fingerprint density at radius 1 is 1.27 bits per heavy atom. The Morgan fingerprint density at radius 3 is 2.77 bits per heavy atom. The smallest absolute Gasteiger partial charge is 0.269 e. The number of aromatic nitrogens is 1. The van der Waals surface area contributed by atoms with Crippen molar-refractivity contribution in [1.29, 1.82) is 0 Å². The summed E-state index contributed by atoms with van der Waals surface area (Å²) in [6.07, 6.45) is 5.00. The van der Waals surface area contributed by atoms with Gasteiger partial charge in [0, 0.05) is 19.6 Å². The minimum Gasteiger partial charge on any atom is -0.497 e. The Bertz CT molecular complexity index is 722. The van der Waals surface area contributed by atoms with Crippen LogP contribution >= 0.6 is 0 Å². The molecule has 3 rings (SSSR count). The first kappa shape index (κ1) is 18.2. The van der Waals surface area contributed by atoms with E-state index < -0.39 is 0 Å². The van der Waals surface area contributed by atoms with Gasteiger partial charge in [0.05, 0.1) is 19.0 Å². The Labute approximate surface area is 155 Å². The van der Waals surface area contributed by atoms with E-state index >= 15 is 0 Å². The number of carbonyl (C=O) groups excluding carboxylic acids is 1. The van der Waals surface area contributed by atoms with E-state index in [-0.39, 0.29) is 5.91 Å². The van der Waals surface area contributed by atoms with Crippen molar-refractivity contribution in [3.8, 4) is 5.75 Å². The van der Waals surface area contributed by atoms with Crippen molar-refractivity contribution in [3.05, 3.63) is 53.9 Å². The molecule has 0 radical (unpaired) electrons. The van der Waals surface area contributed by atoms with E-state index in [1.165, 1.54) is 12.8 Å². The van der Waals surface area contributed by atoms with E-state index in [1.54, 1.807) is 7.11 Å². The van der Waals surface area contributed by atoms with Crippen LogP contribution in [0.3, 0.4) is 0 Å². The van der Waals surface area contributed by atoms with Gasteiger partial charge in [0.15, 0.2) is 0 Å². The highest BCUT2D eigenvalue weighted by Crippen LogP contribution is 2.22. The molecule has 1 aliphatic rings. The number of hydrogen-bond donors (Lipinski definition) is 1. The van der Waals surface area contributed by atoms with E-state index in [0.29, 0.717) is 12.2 Å². The number of ether oxygens (including phenoxy) is 1. The summed E-state index contributed by atoms with van der Waals surface area (Å²) in [5.41, 5.74) is 2.70. The second kappa shape index (κ2) is 8.70. The number of benzene rings is 1. The molecule has 0 unspecified atom stereocenters. The molecule has 2 aromatic rings. The van der Waals surface area contributed by atoms with Gasteiger partial charge in [0.2, 0.25) is 0 Å². The largest absolute Gasteiger partial charge is 0.497 e. The average Bonchev–Trinajstić information content (AvgIpc) is 2.69. The monoisotopic (exact) mass is 353 g/mol. The van der Waals surface area contributed by atoms with Gasteiger partial charge in [-0.3, -0.25) is 4.79 Å². The van der Waals surface area contributed by atoms with Crippen molar-refractivity contribution < 1.29 is 9.53 Å². The number of hydrogen-bond acceptors (Lipinski definition) is 4. The van der Waals surface area contributed by atoms with Crippen LogP contribution in [-0.2, 0) is 6.42 Å². The summed E-state index contributed by atoms with van der Waals surface area (Å²) in [6, 6.07) is 11.7. The minimum atomic E-state index is -0.133. The van der Waals surface area contributed by atoms with Gasteiger partial charge in [-0.15, -0.1) is 0 Å². The third-order valence-electron chi connectivity index (χ3n) is 4.96. The molecule has 2 heterocycles. The molecule has 0 spiro atoms. The number of piperidine rings is 1. The molecule has 1 fully saturated rings. The number of nitrogens with one attached hydrogen (secondary N) is 1. The molecule has 0 atom stereocenters. The van der Waals surface area contributed by atoms with E-state index in [4.69, 9.17) is 4.74 Å². The molecule has 1 amide bonds. The van der Waals surface area contributed by atoms with Crippen molar-refractivity contribution in [1.82, 2.24) is 10.3 Å². The zero-order chi connectivity index (χ0) is 18.4. The fraction of sp³-hybridized carbons (Fsp3) is 0.429. The van der Waals surface area contributed by atoms with Gasteiger partial charge in [-0.1, -0.05) is 19.1 Å². The molecular weight excluding hydrogens is 326 g/mol. The van der Waals surface area contributed by atoms with Crippen LogP contribution in [0.5, 0.6) is 5.75 Å². The number of rotatable bonds is 6. The van der Waals surface area contributed by atoms with E-state index in [2.05, 4.69) is 22.1 Å². The number of methoxy groups -OCH3 is 1. The fourth-order valence-electron chi connectivity index (χ4n) is 3.21. The summed E-state index contributed by atoms with van der Waals surface area (Å²) in [5.74, 6) is 1.50. The van der Waals surface area contributed by atoms with Crippen LogP contribution in [0.1, 0.15) is 35.8 Å². The second-order valence-corrected chi connectivity index (χ2v) is 6.93. The first-order valence-corrected chi connectivity index (χ1v) is 9.28. The summed E-state index contributed by atoms with van der Waals surface area (Å²) in [5, 5.41) is 2.93. The van der Waals surface area contributed by atoms with Crippen LogP contribution in [0, 0.1) is 5.92 Å². The third-order valence-corrected chi connectivity index (χ3v) is 4.96. The quantitative estimate of drug-likeness (QED) is 0.866. The van der Waals surface area contributed by atoms with Gasteiger partial charge in [0.1, 0.15) is 11.4 Å². The van der Waals surface area contributed by atoms with Gasteiger partial charge < -0.3 is 15.0 Å². The van der Waals surface area contributed by atoms with Gasteiger partial charge in [-0.25, -0.2) is 4.98 Å². The van der Waals surface area contributed by atoms with Gasteiger partial charge in [-0.05, 0) is 55.0 Å². The highest BCUT2D eigenvalue weighted by Gasteiger charge is 2.16. The Balaban J connectivity index is 1.50. The summed E-state index contributed by atoms with van der Waals surface area (Å²) in [7, 11) is 1.65. The zero-order valence-corrected chi connectivity index (χ0v) is 15.6. The predicted molar refractivity (Wildman–Crippen MR) is 104 cm³/mol. The summed E-state index contributed by atoms with van der Waals surface area (Å²) >= 11 is 0. The normalized spacial score (nSPS) is 14.9. The van der Waals surface area contributed by atoms with Crippen molar-refractivity contribution in [2.24, 2.45) is 5.92 Å². The zero-order valence-electron chi connectivity index (χ0n) is 15.6. The topological polar surface area (TPSA) is 54.5 Å². The first-order valence-electron chi connectivity index (χ1n) is 9.28. The van der Waals surface area contributed by atoms with Gasteiger partial charge >= 0.3 is 0 Å². The molecule has 26 heavy (non-hydrogen) atoms. The van der Waals surface area contributed by atoms with Crippen LogP contribution in [-0.4, -0.2) is 37.6 Å². The molecule has 1 aliphatic heterocycles. The lowest BCUT2D eigenvalue weighted by Crippen LogP contribution is -2.33. The molecule has 5 nitrogen and oxygen atoms in total. The molecule has 0 bridgehead atoms. The van der Waals surface area contributed by atoms with Crippen LogP contribution < -0.4 is 15.0 Å². The Morgan fingerprint density at radius 2 is 2.08 bits per heavy atom. The molecule has 1 saturated heterocycles. The molecule has 138 valence electrons. The second-order valence-electron chi connectivity index (χ2n) is 6.93. The number of amides is 1. The summed E-state index contributed by atoms with van der Waals surface area (Å²) in [4.78, 5) is 19.0. The molecule has 1 aromatic heterocycles. The maximum absolute atomic E-state index is 12.3. The number of carbonyl (C=O) groups is 1. The summed E-state index contributed by atoms with van der Waals surface area (Å²) < 4.78 is 5.22. The van der Waals surface area contributed by atoms with Gasteiger partial charge in [0.25, 0.3) is 5.91 Å². The van der Waals surface area contributed by atoms with Crippen LogP contribution in [0.2, 0.25) is 0 Å². The highest BCUT2D eigenvalue weighted by atomic mass is 16.5. The first-order chi connectivity index (χ1) is 12.7. The van der Waals surface area contributed by atoms with E-state index in [1.807, 2.05) is 42.6 Å². The van der Waals surface area contributed by atoms with Gasteiger partial charge in [-0.2, -0.15) is 0 Å². The maximum atomic E-state index is 12.3. The lowest BCUT2D eigenvalue weighted by Gasteiger charge is -2.31. The minimum absolute atomic E-state index is 0.133. The molecule has 5 heteroatoms. The fourth-order valence-corrected chi connectivity index (χ4v) is 3.21. The predicted octanol–water partition coefficient (Wildman–Crippen LogP) is 3.30. The third kappa shape index (κ3) is 4.75. The van der Waals surface area contributed by atoms with Crippen molar-refractivity contribution in [3.63, 3.8) is 0 Å². The molecule has 1 N–H and O–H groups in total. The van der Waals surface area contributed by atoms with Crippen LogP contribution in [0.4, 0.5) is 5.69 Å². The van der Waals surface area contributed by atoms with E-state index in [9.17, 15) is 4.79 Å². The highest BCUT2D eigenvalue weighted by molar-refractivity contribution is 5.92. The standard InChI is InChI=1S/C21H27N3O2/c1-16-9-12-24(13-10-16)18-6-7-20(23-15-18)21(25)22-11-8-17-4-3-5-19(14-17)26-2/h3-7,14-16H,8-13H2,1-2H3,(H,22,25).